The molecule has 4 saturated heterocycles. The Kier molecular flexibility index (Phi) is 17.4. The lowest BCUT2D eigenvalue weighted by Gasteiger charge is -2.52. The van der Waals surface area contributed by atoms with Crippen LogP contribution in [0.2, 0.25) is 0 Å². The second-order valence-electron chi connectivity index (χ2n) is 18.6. The van der Waals surface area contributed by atoms with E-state index in [4.69, 9.17) is 42.6 Å². The van der Waals surface area contributed by atoms with Gasteiger partial charge >= 0.3 is 5.97 Å². The topological polar surface area (TPSA) is 196 Å². The van der Waals surface area contributed by atoms with E-state index in [1.54, 1.807) is 41.7 Å². The largest absolute Gasteiger partial charge is 0.459 e. The van der Waals surface area contributed by atoms with Crippen molar-refractivity contribution >= 4 is 5.97 Å². The second-order valence-corrected chi connectivity index (χ2v) is 18.6. The summed E-state index contributed by atoms with van der Waals surface area (Å²) in [6, 6.07) is -0.593. The number of hydrogen-bond donors (Lipinski definition) is 5. The lowest BCUT2D eigenvalue weighted by Crippen LogP contribution is -2.67. The number of carbonyl (C=O) groups is 1. The van der Waals surface area contributed by atoms with Crippen LogP contribution in [0, 0.1) is 23.7 Å². The van der Waals surface area contributed by atoms with Gasteiger partial charge in [-0.15, -0.1) is 0 Å². The maximum atomic E-state index is 14.5. The van der Waals surface area contributed by atoms with Crippen molar-refractivity contribution in [1.82, 2.24) is 10.2 Å². The van der Waals surface area contributed by atoms with Crippen LogP contribution >= 0.6 is 0 Å². The molecule has 4 fully saturated rings. The zero-order valence-corrected chi connectivity index (χ0v) is 37.6. The molecular weight excluding hydrogens is 756 g/mol. The van der Waals surface area contributed by atoms with E-state index in [0.29, 0.717) is 19.6 Å². The summed E-state index contributed by atoms with van der Waals surface area (Å²) in [7, 11) is 6.90. The number of aliphatic hydroxyl groups excluding tert-OH is 2. The van der Waals surface area contributed by atoms with Crippen LogP contribution < -0.4 is 5.32 Å². The van der Waals surface area contributed by atoms with E-state index in [2.05, 4.69) is 5.32 Å². The third-order valence-electron chi connectivity index (χ3n) is 13.5. The summed E-state index contributed by atoms with van der Waals surface area (Å²) in [4.78, 5) is 16.4. The van der Waals surface area contributed by atoms with E-state index in [-0.39, 0.29) is 55.9 Å². The third-order valence-corrected chi connectivity index (χ3v) is 13.5. The Morgan fingerprint density at radius 3 is 2.19 bits per heavy atom. The van der Waals surface area contributed by atoms with Crippen LogP contribution in [0.4, 0.5) is 0 Å². The summed E-state index contributed by atoms with van der Waals surface area (Å²) >= 11 is 0. The molecule has 0 saturated carbocycles. The molecule has 0 aromatic heterocycles. The molecule has 4 heterocycles. The number of hydrogen-bond acceptors (Lipinski definition) is 16. The van der Waals surface area contributed by atoms with Gasteiger partial charge in [-0.25, -0.2) is 0 Å². The molecular formula is C42H78N2O14. The predicted molar refractivity (Wildman–Crippen MR) is 214 cm³/mol. The van der Waals surface area contributed by atoms with Crippen molar-refractivity contribution < 1.29 is 67.9 Å². The maximum absolute atomic E-state index is 14.5. The molecule has 2 bridgehead atoms. The average molecular weight is 835 g/mol. The Hall–Kier alpha value is -1.09. The molecule has 16 nitrogen and oxygen atoms in total. The summed E-state index contributed by atoms with van der Waals surface area (Å²) in [5.41, 5.74) is -4.27. The van der Waals surface area contributed by atoms with Gasteiger partial charge in [0.25, 0.3) is 0 Å². The minimum absolute atomic E-state index is 0.137. The molecule has 0 aromatic rings. The molecule has 20 atom stereocenters. The summed E-state index contributed by atoms with van der Waals surface area (Å²) < 4.78 is 55.7. The van der Waals surface area contributed by atoms with Crippen LogP contribution in [-0.4, -0.2) is 176 Å². The zero-order valence-electron chi connectivity index (χ0n) is 37.6. The number of fused-ring (bicyclic) bond motifs is 2. The fourth-order valence-corrected chi connectivity index (χ4v) is 10.0. The van der Waals surface area contributed by atoms with Crippen LogP contribution in [0.5, 0.6) is 0 Å². The Morgan fingerprint density at radius 1 is 0.914 bits per heavy atom. The van der Waals surface area contributed by atoms with E-state index >= 15 is 0 Å². The van der Waals surface area contributed by atoms with Gasteiger partial charge in [-0.1, -0.05) is 27.7 Å². The molecule has 0 aromatic carbocycles. The van der Waals surface area contributed by atoms with Gasteiger partial charge in [0.15, 0.2) is 12.6 Å². The smallest absolute Gasteiger partial charge is 0.311 e. The number of nitrogens with zero attached hydrogens (tertiary/aromatic N) is 1. The van der Waals surface area contributed by atoms with Crippen molar-refractivity contribution in [3.8, 4) is 0 Å². The van der Waals surface area contributed by atoms with Gasteiger partial charge in [-0.3, -0.25) is 10.1 Å². The molecule has 4 rings (SSSR count). The molecule has 10 unspecified atom stereocenters. The van der Waals surface area contributed by atoms with Gasteiger partial charge in [-0.2, -0.15) is 0 Å². The summed E-state index contributed by atoms with van der Waals surface area (Å²) in [6.07, 6.45) is -8.29. The highest BCUT2D eigenvalue weighted by molar-refractivity contribution is 5.73. The molecule has 5 N–H and O–H groups in total. The minimum Gasteiger partial charge on any atom is -0.459 e. The van der Waals surface area contributed by atoms with Gasteiger partial charge in [0, 0.05) is 44.6 Å². The van der Waals surface area contributed by atoms with Crippen molar-refractivity contribution in [2.75, 3.05) is 48.1 Å². The van der Waals surface area contributed by atoms with Crippen molar-refractivity contribution in [2.24, 2.45) is 23.7 Å². The Bertz CT molecular complexity index is 1290. The van der Waals surface area contributed by atoms with Crippen molar-refractivity contribution in [1.29, 1.82) is 0 Å². The Labute approximate surface area is 346 Å². The molecule has 0 aliphatic carbocycles. The van der Waals surface area contributed by atoms with Gasteiger partial charge in [0.1, 0.15) is 30.1 Å². The minimum atomic E-state index is -1.64. The number of carbonyl (C=O) groups excluding carboxylic acids is 1. The normalized spacial score (nSPS) is 48.7. The second kappa shape index (κ2) is 20.4. The van der Waals surface area contributed by atoms with Gasteiger partial charge in [0.2, 0.25) is 0 Å². The first-order chi connectivity index (χ1) is 27.0. The lowest BCUT2D eigenvalue weighted by molar-refractivity contribution is -0.318. The van der Waals surface area contributed by atoms with Crippen molar-refractivity contribution in [2.45, 2.75) is 191 Å². The van der Waals surface area contributed by atoms with Crippen molar-refractivity contribution in [3.63, 3.8) is 0 Å². The van der Waals surface area contributed by atoms with E-state index in [1.165, 1.54) is 7.11 Å². The monoisotopic (exact) mass is 835 g/mol. The number of cyclic esters (lactones) is 1. The molecule has 340 valence electrons. The fourth-order valence-electron chi connectivity index (χ4n) is 10.0. The van der Waals surface area contributed by atoms with Gasteiger partial charge in [0.05, 0.1) is 67.5 Å². The van der Waals surface area contributed by atoms with E-state index in [9.17, 15) is 25.2 Å². The molecule has 4 aliphatic rings. The van der Waals surface area contributed by atoms with Gasteiger partial charge < -0.3 is 68.0 Å². The fraction of sp³-hybridized carbons (Fsp3) is 0.976. The number of likely N-dealkylation sites (N-methyl/N-ethyl adjacent to an activating group) is 1. The van der Waals surface area contributed by atoms with Crippen LogP contribution in [0.15, 0.2) is 0 Å². The molecule has 0 spiro atoms. The first-order valence-electron chi connectivity index (χ1n) is 21.4. The molecule has 58 heavy (non-hydrogen) atoms. The number of nitrogens with one attached hydrogen (secondary N) is 1. The zero-order chi connectivity index (χ0) is 43.5. The first-order valence-corrected chi connectivity index (χ1v) is 21.4. The van der Waals surface area contributed by atoms with E-state index < -0.39 is 96.1 Å². The highest BCUT2D eigenvalue weighted by Gasteiger charge is 2.55. The molecule has 16 heteroatoms. The van der Waals surface area contributed by atoms with Crippen LogP contribution in [0.1, 0.15) is 94.9 Å². The predicted octanol–water partition coefficient (Wildman–Crippen LogP) is 2.20. The quantitative estimate of drug-likeness (QED) is 0.142. The average Bonchev–Trinajstić information content (AvgIpc) is 3.15. The number of aliphatic hydroxyl groups is 4. The van der Waals surface area contributed by atoms with Gasteiger partial charge in [-0.05, 0) is 80.8 Å². The Balaban J connectivity index is 1.83. The Morgan fingerprint density at radius 2 is 1.59 bits per heavy atom. The van der Waals surface area contributed by atoms with Crippen LogP contribution in [0.3, 0.4) is 0 Å². The molecule has 4 aliphatic heterocycles. The summed E-state index contributed by atoms with van der Waals surface area (Å²) in [5.74, 6) is -2.95. The van der Waals surface area contributed by atoms with Crippen molar-refractivity contribution in [3.05, 3.63) is 0 Å². The van der Waals surface area contributed by atoms with Crippen LogP contribution in [-0.2, 0) is 47.4 Å². The number of methoxy groups -OCH3 is 2. The number of ether oxygens (including phenoxy) is 9. The third kappa shape index (κ3) is 11.1. The molecule has 0 radical (unpaired) electrons. The first kappa shape index (κ1) is 49.6. The SMILES string of the molecule is CC[C@H]1OC(=O)[C@H](C)[C@H](OC2CC(C)(OC)C(O)C(C)O2)C(C)[C@@H](OC2OC(C)CC(N(C)C)C2O)[C@](C)(O)C[C@@H](C)[C@@H]2N[C@@H](COCCOC)OC([C@H]2C)[C@]1(C)O. The van der Waals surface area contributed by atoms with Crippen LogP contribution in [0.25, 0.3) is 0 Å². The highest BCUT2D eigenvalue weighted by atomic mass is 16.7. The lowest BCUT2D eigenvalue weighted by atomic mass is 9.71. The highest BCUT2D eigenvalue weighted by Crippen LogP contribution is 2.43. The summed E-state index contributed by atoms with van der Waals surface area (Å²) in [6.45, 7) is 19.1. The summed E-state index contributed by atoms with van der Waals surface area (Å²) in [5, 5.41) is 51.5. The van der Waals surface area contributed by atoms with E-state index in [1.807, 2.05) is 53.6 Å². The molecule has 0 amide bonds. The maximum Gasteiger partial charge on any atom is 0.311 e. The number of rotatable bonds is 12. The standard InChI is InChI=1S/C42H78N2O14/c1-15-29-42(10,49)37-24(4)32(43-30(56-37)21-52-17-16-50-13)22(2)19-40(8,48)36(58-39-33(45)28(44(11)12)18-23(3)53-39)25(5)34(26(6)38(47)55-29)57-31-20-41(9,51-14)35(46)27(7)54-31/h22-37,39,43,45-46,48-49H,15-21H2,1-14H3/t22-,23?,24+,25?,26-,27?,28?,29-,30-,31?,32+,33?,34-,35?,36-,37?,39?,40-,41?,42-/m1/s1. The number of esters is 1. The van der Waals surface area contributed by atoms with E-state index in [0.717, 1.165) is 0 Å².